The number of carbonyl (C=O) groups is 3. The lowest BCUT2D eigenvalue weighted by atomic mass is 10.1. The molecule has 0 N–H and O–H groups in total. The van der Waals surface area contributed by atoms with Crippen LogP contribution >= 0.6 is 0 Å². The Bertz CT molecular complexity index is 1260. The third-order valence-corrected chi connectivity index (χ3v) is 5.26. The molecule has 35 heavy (non-hydrogen) atoms. The van der Waals surface area contributed by atoms with Crippen LogP contribution in [0.3, 0.4) is 0 Å². The highest BCUT2D eigenvalue weighted by Crippen LogP contribution is 2.29. The molecule has 0 spiro atoms. The number of anilines is 1. The van der Waals surface area contributed by atoms with Gasteiger partial charge >= 0.3 is 5.97 Å². The maximum absolute atomic E-state index is 14.9. The van der Waals surface area contributed by atoms with Gasteiger partial charge in [0.15, 0.2) is 0 Å². The Morgan fingerprint density at radius 2 is 1.91 bits per heavy atom. The van der Waals surface area contributed by atoms with Gasteiger partial charge in [0.1, 0.15) is 31.3 Å². The number of halogens is 1. The number of hydrogen-bond donors (Lipinski definition) is 0. The molecule has 2 aromatic carbocycles. The molecular formula is C24H23FN4O6. The van der Waals surface area contributed by atoms with Crippen molar-refractivity contribution in [2.24, 2.45) is 0 Å². The van der Waals surface area contributed by atoms with Crippen LogP contribution in [0.2, 0.25) is 0 Å². The number of nitrogens with zero attached hydrogens (tertiary/aromatic N) is 4. The summed E-state index contributed by atoms with van der Waals surface area (Å²) < 4.78 is 30.4. The van der Waals surface area contributed by atoms with E-state index in [4.69, 9.17) is 13.9 Å². The van der Waals surface area contributed by atoms with Gasteiger partial charge < -0.3 is 18.8 Å². The van der Waals surface area contributed by atoms with Gasteiger partial charge in [0.05, 0.1) is 12.1 Å². The summed E-state index contributed by atoms with van der Waals surface area (Å²) in [4.78, 5) is 40.0. The van der Waals surface area contributed by atoms with Gasteiger partial charge in [-0.3, -0.25) is 19.3 Å². The third kappa shape index (κ3) is 5.62. The lowest BCUT2D eigenvalue weighted by Crippen LogP contribution is -2.40. The fourth-order valence-electron chi connectivity index (χ4n) is 3.66. The number of para-hydroxylation sites is 1. The van der Waals surface area contributed by atoms with Crippen LogP contribution in [0.5, 0.6) is 5.75 Å². The number of fused-ring (bicyclic) bond motifs is 1. The van der Waals surface area contributed by atoms with Crippen molar-refractivity contribution in [3.63, 3.8) is 0 Å². The molecule has 4 rings (SSSR count). The van der Waals surface area contributed by atoms with Crippen LogP contribution < -0.4 is 9.64 Å². The van der Waals surface area contributed by atoms with Crippen molar-refractivity contribution in [2.45, 2.75) is 26.9 Å². The summed E-state index contributed by atoms with van der Waals surface area (Å²) in [5.41, 5.74) is 1.02. The van der Waals surface area contributed by atoms with Gasteiger partial charge in [-0.25, -0.2) is 4.39 Å². The van der Waals surface area contributed by atoms with E-state index in [0.29, 0.717) is 17.1 Å². The summed E-state index contributed by atoms with van der Waals surface area (Å²) in [7, 11) is 0. The average molecular weight is 482 g/mol. The Kier molecular flexibility index (Phi) is 7.04. The largest absolute Gasteiger partial charge is 0.490 e. The number of rotatable bonds is 7. The van der Waals surface area contributed by atoms with E-state index >= 15 is 0 Å². The molecule has 0 saturated heterocycles. The van der Waals surface area contributed by atoms with Crippen LogP contribution in [-0.2, 0) is 27.4 Å². The molecule has 0 bridgehead atoms. The lowest BCUT2D eigenvalue weighted by molar-refractivity contribution is -0.141. The van der Waals surface area contributed by atoms with Crippen LogP contribution in [0.25, 0.3) is 0 Å². The fraction of sp³-hybridized carbons (Fsp3) is 0.292. The van der Waals surface area contributed by atoms with Gasteiger partial charge in [-0.15, -0.1) is 10.2 Å². The van der Waals surface area contributed by atoms with Crippen molar-refractivity contribution < 1.29 is 32.7 Å². The standard InChI is InChI=1S/C24H23FN4O6/c1-15-26-27-22(35-15)13-28-12-17-5-3-4-6-21(17)29(14-23(28)31)24(32)19-8-7-18(11-20(19)25)34-10-9-33-16(2)30/h3-8,11H,9-10,12-14H2,1-2H3. The van der Waals surface area contributed by atoms with Crippen molar-refractivity contribution >= 4 is 23.5 Å². The predicted octanol–water partition coefficient (Wildman–Crippen LogP) is 2.65. The normalized spacial score (nSPS) is 13.3. The second-order valence-corrected chi connectivity index (χ2v) is 7.81. The fourth-order valence-corrected chi connectivity index (χ4v) is 3.66. The first-order valence-electron chi connectivity index (χ1n) is 10.8. The van der Waals surface area contributed by atoms with E-state index in [1.165, 1.54) is 28.9 Å². The van der Waals surface area contributed by atoms with Crippen LogP contribution in [0, 0.1) is 12.7 Å². The van der Waals surface area contributed by atoms with Gasteiger partial charge in [0.2, 0.25) is 17.7 Å². The number of benzene rings is 2. The first-order chi connectivity index (χ1) is 16.8. The minimum Gasteiger partial charge on any atom is -0.490 e. The van der Waals surface area contributed by atoms with Crippen molar-refractivity contribution in [3.05, 3.63) is 71.2 Å². The van der Waals surface area contributed by atoms with E-state index in [0.717, 1.165) is 6.07 Å². The molecule has 0 unspecified atom stereocenters. The number of hydrogen-bond acceptors (Lipinski definition) is 8. The summed E-state index contributed by atoms with van der Waals surface area (Å²) in [5.74, 6) is -1.41. The molecule has 0 radical (unpaired) electrons. The molecule has 3 aromatic rings. The molecule has 10 nitrogen and oxygen atoms in total. The van der Waals surface area contributed by atoms with Crippen molar-refractivity contribution in [1.29, 1.82) is 0 Å². The zero-order chi connectivity index (χ0) is 24.9. The van der Waals surface area contributed by atoms with Gasteiger partial charge in [-0.2, -0.15) is 0 Å². The number of ether oxygens (including phenoxy) is 2. The van der Waals surface area contributed by atoms with Gasteiger partial charge in [0.25, 0.3) is 5.91 Å². The second kappa shape index (κ2) is 10.3. The highest BCUT2D eigenvalue weighted by Gasteiger charge is 2.31. The maximum Gasteiger partial charge on any atom is 0.302 e. The molecule has 1 aliphatic rings. The van der Waals surface area contributed by atoms with Gasteiger partial charge in [-0.1, -0.05) is 18.2 Å². The van der Waals surface area contributed by atoms with E-state index in [-0.39, 0.29) is 56.0 Å². The molecule has 0 saturated carbocycles. The number of esters is 1. The highest BCUT2D eigenvalue weighted by molar-refractivity contribution is 6.09. The molecule has 2 heterocycles. The van der Waals surface area contributed by atoms with Crippen LogP contribution in [0.4, 0.5) is 10.1 Å². The molecule has 11 heteroatoms. The van der Waals surface area contributed by atoms with E-state index < -0.39 is 17.7 Å². The molecular weight excluding hydrogens is 459 g/mol. The quantitative estimate of drug-likeness (QED) is 0.373. The van der Waals surface area contributed by atoms with E-state index in [9.17, 15) is 18.8 Å². The number of aryl methyl sites for hydroxylation is 1. The monoisotopic (exact) mass is 482 g/mol. The molecule has 1 aliphatic heterocycles. The van der Waals surface area contributed by atoms with Crippen LogP contribution in [-0.4, -0.2) is 52.6 Å². The van der Waals surface area contributed by atoms with Gasteiger partial charge in [-0.05, 0) is 23.8 Å². The molecule has 182 valence electrons. The molecule has 1 aromatic heterocycles. The second-order valence-electron chi connectivity index (χ2n) is 7.81. The summed E-state index contributed by atoms with van der Waals surface area (Å²) >= 11 is 0. The van der Waals surface area contributed by atoms with Crippen LogP contribution in [0.15, 0.2) is 46.9 Å². The minimum absolute atomic E-state index is 0.0178. The molecule has 0 fully saturated rings. The topological polar surface area (TPSA) is 115 Å². The minimum atomic E-state index is -0.799. The Labute approximate surface area is 200 Å². The number of carbonyl (C=O) groups excluding carboxylic acids is 3. The summed E-state index contributed by atoms with van der Waals surface area (Å²) in [6, 6.07) is 10.9. The lowest BCUT2D eigenvalue weighted by Gasteiger charge is -2.22. The Hall–Kier alpha value is -4.28. The first kappa shape index (κ1) is 23.9. The molecule has 0 aliphatic carbocycles. The smallest absolute Gasteiger partial charge is 0.302 e. The van der Waals surface area contributed by atoms with Crippen molar-refractivity contribution in [2.75, 3.05) is 24.7 Å². The van der Waals surface area contributed by atoms with Crippen LogP contribution in [0.1, 0.15) is 34.6 Å². The van der Waals surface area contributed by atoms with E-state index in [1.54, 1.807) is 31.2 Å². The summed E-state index contributed by atoms with van der Waals surface area (Å²) in [5, 5.41) is 7.72. The maximum atomic E-state index is 14.9. The summed E-state index contributed by atoms with van der Waals surface area (Å²) in [6.45, 7) is 3.00. The average Bonchev–Trinajstić information content (AvgIpc) is 3.18. The zero-order valence-electron chi connectivity index (χ0n) is 19.2. The third-order valence-electron chi connectivity index (χ3n) is 5.26. The van der Waals surface area contributed by atoms with Crippen molar-refractivity contribution in [3.8, 4) is 5.75 Å². The molecule has 2 amide bonds. The Morgan fingerprint density at radius 1 is 1.11 bits per heavy atom. The van der Waals surface area contributed by atoms with Gasteiger partial charge in [0, 0.05) is 32.1 Å². The number of amides is 2. The first-order valence-corrected chi connectivity index (χ1v) is 10.8. The van der Waals surface area contributed by atoms with E-state index in [1.807, 2.05) is 0 Å². The zero-order valence-corrected chi connectivity index (χ0v) is 19.2. The Balaban J connectivity index is 1.54. The predicted molar refractivity (Wildman–Crippen MR) is 120 cm³/mol. The summed E-state index contributed by atoms with van der Waals surface area (Å²) in [6.07, 6.45) is 0. The van der Waals surface area contributed by atoms with E-state index in [2.05, 4.69) is 10.2 Å². The number of aromatic nitrogens is 2. The van der Waals surface area contributed by atoms with Crippen molar-refractivity contribution in [1.82, 2.24) is 15.1 Å². The SMILES string of the molecule is CC(=O)OCCOc1ccc(C(=O)N2CC(=O)N(Cc3nnc(C)o3)Cc3ccccc32)c(F)c1. The Morgan fingerprint density at radius 3 is 2.63 bits per heavy atom. The molecule has 0 atom stereocenters. The highest BCUT2D eigenvalue weighted by atomic mass is 19.1.